The summed E-state index contributed by atoms with van der Waals surface area (Å²) < 4.78 is 0. The molecule has 0 N–H and O–H groups in total. The molecule has 0 aliphatic heterocycles. The molecule has 1 aliphatic rings. The largest absolute Gasteiger partial charge is 0.0655 e. The molecule has 108 valence electrons. The molecular formula is C21H24. The monoisotopic (exact) mass is 276 g/mol. The Morgan fingerprint density at radius 1 is 1.05 bits per heavy atom. The Kier molecular flexibility index (Phi) is 3.71. The molecule has 0 spiro atoms. The fourth-order valence-electron chi connectivity index (χ4n) is 3.36. The quantitative estimate of drug-likeness (QED) is 0.632. The Bertz CT molecular complexity index is 702. The summed E-state index contributed by atoms with van der Waals surface area (Å²) in [6.07, 6.45) is 4.71. The number of fused-ring (bicyclic) bond motifs is 1. The standard InChI is InChI=1S/C21H24/c1-5-16-12-17-10-11-18(14(2)3)21(20(17)13-16)19-9-7-6-8-15(19)4/h6-11,13-14H,5,12H2,1-4H3. The Morgan fingerprint density at radius 3 is 2.48 bits per heavy atom. The average Bonchev–Trinajstić information content (AvgIpc) is 2.90. The first-order chi connectivity index (χ1) is 10.1. The Morgan fingerprint density at radius 2 is 1.81 bits per heavy atom. The molecule has 0 amide bonds. The molecule has 0 heterocycles. The maximum Gasteiger partial charge on any atom is -0.00577 e. The topological polar surface area (TPSA) is 0 Å². The average molecular weight is 276 g/mol. The lowest BCUT2D eigenvalue weighted by molar-refractivity contribution is 0.867. The molecule has 3 rings (SSSR count). The van der Waals surface area contributed by atoms with Crippen molar-refractivity contribution in [2.75, 3.05) is 0 Å². The second-order valence-corrected chi connectivity index (χ2v) is 6.41. The molecule has 1 aliphatic carbocycles. The van der Waals surface area contributed by atoms with E-state index in [1.165, 1.54) is 33.4 Å². The van der Waals surface area contributed by atoms with Crippen LogP contribution < -0.4 is 0 Å². The summed E-state index contributed by atoms with van der Waals surface area (Å²) in [7, 11) is 0. The first-order valence-corrected chi connectivity index (χ1v) is 8.03. The summed E-state index contributed by atoms with van der Waals surface area (Å²) in [4.78, 5) is 0. The van der Waals surface area contributed by atoms with Gasteiger partial charge in [-0.1, -0.05) is 68.8 Å². The third kappa shape index (κ3) is 2.44. The zero-order chi connectivity index (χ0) is 15.0. The van der Waals surface area contributed by atoms with Crippen molar-refractivity contribution >= 4 is 6.08 Å². The minimum Gasteiger partial charge on any atom is -0.0655 e. The van der Waals surface area contributed by atoms with Gasteiger partial charge in [0.15, 0.2) is 0 Å². The van der Waals surface area contributed by atoms with E-state index in [0.717, 1.165) is 12.8 Å². The lowest BCUT2D eigenvalue weighted by Crippen LogP contribution is -1.98. The predicted molar refractivity (Wildman–Crippen MR) is 92.7 cm³/mol. The SMILES string of the molecule is CCC1=Cc2c(ccc(C(C)C)c2-c2ccccc2C)C1. The van der Waals surface area contributed by atoms with Crippen LogP contribution in [0.4, 0.5) is 0 Å². The van der Waals surface area contributed by atoms with Crippen molar-refractivity contribution in [3.8, 4) is 11.1 Å². The van der Waals surface area contributed by atoms with E-state index >= 15 is 0 Å². The molecule has 0 nitrogen and oxygen atoms in total. The molecule has 0 heteroatoms. The van der Waals surface area contributed by atoms with Gasteiger partial charge >= 0.3 is 0 Å². The zero-order valence-corrected chi connectivity index (χ0v) is 13.5. The summed E-state index contributed by atoms with van der Waals surface area (Å²) in [6.45, 7) is 9.07. The van der Waals surface area contributed by atoms with Gasteiger partial charge in [-0.2, -0.15) is 0 Å². The van der Waals surface area contributed by atoms with Crippen molar-refractivity contribution in [2.45, 2.75) is 46.5 Å². The van der Waals surface area contributed by atoms with Gasteiger partial charge in [0.05, 0.1) is 0 Å². The molecule has 0 fully saturated rings. The van der Waals surface area contributed by atoms with Crippen molar-refractivity contribution < 1.29 is 0 Å². The molecule has 0 bridgehead atoms. The fourth-order valence-corrected chi connectivity index (χ4v) is 3.36. The Labute approximate surface area is 128 Å². The smallest absolute Gasteiger partial charge is 0.00577 e. The highest BCUT2D eigenvalue weighted by Crippen LogP contribution is 2.40. The van der Waals surface area contributed by atoms with Crippen LogP contribution in [0.2, 0.25) is 0 Å². The molecular weight excluding hydrogens is 252 g/mol. The van der Waals surface area contributed by atoms with E-state index in [4.69, 9.17) is 0 Å². The van der Waals surface area contributed by atoms with Gasteiger partial charge in [0.25, 0.3) is 0 Å². The summed E-state index contributed by atoms with van der Waals surface area (Å²) >= 11 is 0. The van der Waals surface area contributed by atoms with E-state index in [1.54, 1.807) is 5.57 Å². The van der Waals surface area contributed by atoms with Crippen LogP contribution in [0.3, 0.4) is 0 Å². The Balaban J connectivity index is 2.30. The van der Waals surface area contributed by atoms with Crippen LogP contribution in [-0.2, 0) is 6.42 Å². The summed E-state index contributed by atoms with van der Waals surface area (Å²) in [5, 5.41) is 0. The van der Waals surface area contributed by atoms with Crippen molar-refractivity contribution in [3.05, 3.63) is 64.2 Å². The van der Waals surface area contributed by atoms with Gasteiger partial charge in [0.2, 0.25) is 0 Å². The molecule has 21 heavy (non-hydrogen) atoms. The van der Waals surface area contributed by atoms with E-state index in [0.29, 0.717) is 5.92 Å². The maximum absolute atomic E-state index is 2.43. The number of hydrogen-bond donors (Lipinski definition) is 0. The summed E-state index contributed by atoms with van der Waals surface area (Å²) in [5.41, 5.74) is 10.2. The van der Waals surface area contributed by atoms with Crippen molar-refractivity contribution in [1.29, 1.82) is 0 Å². The van der Waals surface area contributed by atoms with Gasteiger partial charge in [-0.3, -0.25) is 0 Å². The van der Waals surface area contributed by atoms with Crippen LogP contribution >= 0.6 is 0 Å². The lowest BCUT2D eigenvalue weighted by Gasteiger charge is -2.18. The molecule has 2 aromatic rings. The highest BCUT2D eigenvalue weighted by Gasteiger charge is 2.20. The number of benzene rings is 2. The number of rotatable bonds is 3. The van der Waals surface area contributed by atoms with Crippen LogP contribution in [-0.4, -0.2) is 0 Å². The highest BCUT2D eigenvalue weighted by molar-refractivity contribution is 5.84. The molecule has 2 aromatic carbocycles. The van der Waals surface area contributed by atoms with E-state index < -0.39 is 0 Å². The molecule has 0 aromatic heterocycles. The first-order valence-electron chi connectivity index (χ1n) is 8.03. The van der Waals surface area contributed by atoms with E-state index in [-0.39, 0.29) is 0 Å². The van der Waals surface area contributed by atoms with Crippen molar-refractivity contribution in [1.82, 2.24) is 0 Å². The van der Waals surface area contributed by atoms with Gasteiger partial charge < -0.3 is 0 Å². The van der Waals surface area contributed by atoms with Crippen LogP contribution in [0.25, 0.3) is 17.2 Å². The number of allylic oxidation sites excluding steroid dienone is 1. The maximum atomic E-state index is 2.43. The molecule has 0 saturated heterocycles. The predicted octanol–water partition coefficient (Wildman–Crippen LogP) is 6.13. The first kappa shape index (κ1) is 14.1. The van der Waals surface area contributed by atoms with Crippen LogP contribution in [0.1, 0.15) is 55.4 Å². The minimum absolute atomic E-state index is 0.545. The van der Waals surface area contributed by atoms with Crippen LogP contribution in [0.15, 0.2) is 42.0 Å². The summed E-state index contributed by atoms with van der Waals surface area (Å²) in [6, 6.07) is 13.5. The van der Waals surface area contributed by atoms with E-state index in [9.17, 15) is 0 Å². The second-order valence-electron chi connectivity index (χ2n) is 6.41. The van der Waals surface area contributed by atoms with Gasteiger partial charge in [0.1, 0.15) is 0 Å². The minimum atomic E-state index is 0.545. The highest BCUT2D eigenvalue weighted by atomic mass is 14.2. The van der Waals surface area contributed by atoms with E-state index in [1.807, 2.05) is 0 Å². The lowest BCUT2D eigenvalue weighted by atomic mass is 9.86. The zero-order valence-electron chi connectivity index (χ0n) is 13.5. The third-order valence-corrected chi connectivity index (χ3v) is 4.62. The van der Waals surface area contributed by atoms with Crippen molar-refractivity contribution in [3.63, 3.8) is 0 Å². The van der Waals surface area contributed by atoms with Gasteiger partial charge in [-0.05, 0) is 59.1 Å². The van der Waals surface area contributed by atoms with E-state index in [2.05, 4.69) is 70.2 Å². The summed E-state index contributed by atoms with van der Waals surface area (Å²) in [5.74, 6) is 0.545. The van der Waals surface area contributed by atoms with Gasteiger partial charge in [0, 0.05) is 0 Å². The van der Waals surface area contributed by atoms with Gasteiger partial charge in [-0.15, -0.1) is 0 Å². The molecule has 0 atom stereocenters. The second kappa shape index (κ2) is 5.52. The van der Waals surface area contributed by atoms with Gasteiger partial charge in [-0.25, -0.2) is 0 Å². The molecule has 0 radical (unpaired) electrons. The number of hydrogen-bond acceptors (Lipinski definition) is 0. The fraction of sp³-hybridized carbons (Fsp3) is 0.333. The molecule has 0 saturated carbocycles. The Hall–Kier alpha value is -1.82. The third-order valence-electron chi connectivity index (χ3n) is 4.62. The molecule has 0 unspecified atom stereocenters. The van der Waals surface area contributed by atoms with Crippen LogP contribution in [0.5, 0.6) is 0 Å². The normalized spacial score (nSPS) is 13.5. The van der Waals surface area contributed by atoms with Crippen LogP contribution in [0, 0.1) is 6.92 Å². The number of aryl methyl sites for hydroxylation is 1. The van der Waals surface area contributed by atoms with Crippen molar-refractivity contribution in [2.24, 2.45) is 0 Å².